The molecule has 2 unspecified atom stereocenters. The SMILES string of the molecule is CC1CCN(Cc2coc(-c3ccccc3)n2)CC1N. The molecule has 2 atom stereocenters. The fourth-order valence-electron chi connectivity index (χ4n) is 2.64. The van der Waals surface area contributed by atoms with Crippen LogP contribution in [0.25, 0.3) is 11.5 Å². The number of hydrogen-bond acceptors (Lipinski definition) is 4. The summed E-state index contributed by atoms with van der Waals surface area (Å²) in [6.45, 7) is 5.07. The molecular weight excluding hydrogens is 250 g/mol. The van der Waals surface area contributed by atoms with Gasteiger partial charge in [0.05, 0.1) is 5.69 Å². The van der Waals surface area contributed by atoms with E-state index >= 15 is 0 Å². The lowest BCUT2D eigenvalue weighted by molar-refractivity contribution is 0.160. The van der Waals surface area contributed by atoms with Crippen LogP contribution in [0.15, 0.2) is 41.0 Å². The molecule has 1 aromatic carbocycles. The van der Waals surface area contributed by atoms with Crippen molar-refractivity contribution in [2.75, 3.05) is 13.1 Å². The molecule has 1 aliphatic rings. The first-order valence-electron chi connectivity index (χ1n) is 7.20. The normalized spacial score (nSPS) is 23.9. The van der Waals surface area contributed by atoms with Gasteiger partial charge < -0.3 is 10.2 Å². The van der Waals surface area contributed by atoms with Gasteiger partial charge in [0.25, 0.3) is 0 Å². The van der Waals surface area contributed by atoms with Gasteiger partial charge in [-0.05, 0) is 31.0 Å². The van der Waals surface area contributed by atoms with Crippen molar-refractivity contribution in [1.82, 2.24) is 9.88 Å². The van der Waals surface area contributed by atoms with Crippen LogP contribution in [0.4, 0.5) is 0 Å². The van der Waals surface area contributed by atoms with Crippen molar-refractivity contribution in [3.05, 3.63) is 42.3 Å². The monoisotopic (exact) mass is 271 g/mol. The highest BCUT2D eigenvalue weighted by molar-refractivity contribution is 5.52. The first-order chi connectivity index (χ1) is 9.72. The molecule has 1 aliphatic heterocycles. The first kappa shape index (κ1) is 13.3. The molecule has 0 aliphatic carbocycles. The summed E-state index contributed by atoms with van der Waals surface area (Å²) in [4.78, 5) is 6.93. The molecule has 0 amide bonds. The lowest BCUT2D eigenvalue weighted by atomic mass is 9.94. The van der Waals surface area contributed by atoms with Crippen molar-refractivity contribution >= 4 is 0 Å². The zero-order valence-electron chi connectivity index (χ0n) is 11.8. The van der Waals surface area contributed by atoms with E-state index in [2.05, 4.69) is 16.8 Å². The van der Waals surface area contributed by atoms with Crippen LogP contribution < -0.4 is 5.73 Å². The molecular formula is C16H21N3O. The van der Waals surface area contributed by atoms with Crippen LogP contribution in [0.3, 0.4) is 0 Å². The summed E-state index contributed by atoms with van der Waals surface area (Å²) in [6.07, 6.45) is 2.91. The van der Waals surface area contributed by atoms with Gasteiger partial charge in [0, 0.05) is 24.7 Å². The van der Waals surface area contributed by atoms with E-state index in [1.807, 2.05) is 30.3 Å². The molecule has 2 heterocycles. The Bertz CT molecular complexity index is 552. The van der Waals surface area contributed by atoms with Crippen LogP contribution in [0.1, 0.15) is 19.0 Å². The topological polar surface area (TPSA) is 55.3 Å². The molecule has 106 valence electrons. The van der Waals surface area contributed by atoms with E-state index in [1.165, 1.54) is 0 Å². The number of benzene rings is 1. The first-order valence-corrected chi connectivity index (χ1v) is 7.20. The highest BCUT2D eigenvalue weighted by Crippen LogP contribution is 2.21. The highest BCUT2D eigenvalue weighted by Gasteiger charge is 2.23. The Morgan fingerprint density at radius 3 is 2.90 bits per heavy atom. The van der Waals surface area contributed by atoms with Gasteiger partial charge in [-0.1, -0.05) is 25.1 Å². The highest BCUT2D eigenvalue weighted by atomic mass is 16.3. The van der Waals surface area contributed by atoms with Crippen molar-refractivity contribution in [1.29, 1.82) is 0 Å². The van der Waals surface area contributed by atoms with Gasteiger partial charge in [0.15, 0.2) is 0 Å². The molecule has 2 N–H and O–H groups in total. The number of rotatable bonds is 3. The second kappa shape index (κ2) is 5.77. The number of nitrogens with zero attached hydrogens (tertiary/aromatic N) is 2. The van der Waals surface area contributed by atoms with Crippen LogP contribution in [0.2, 0.25) is 0 Å². The summed E-state index contributed by atoms with van der Waals surface area (Å²) < 4.78 is 5.57. The van der Waals surface area contributed by atoms with Crippen LogP contribution >= 0.6 is 0 Å². The average molecular weight is 271 g/mol. The molecule has 20 heavy (non-hydrogen) atoms. The van der Waals surface area contributed by atoms with Gasteiger partial charge in [-0.25, -0.2) is 4.98 Å². The van der Waals surface area contributed by atoms with Crippen LogP contribution in [0.5, 0.6) is 0 Å². The lowest BCUT2D eigenvalue weighted by Gasteiger charge is -2.34. The van der Waals surface area contributed by atoms with Gasteiger partial charge >= 0.3 is 0 Å². The Balaban J connectivity index is 1.66. The Hall–Kier alpha value is -1.65. The quantitative estimate of drug-likeness (QED) is 0.932. The zero-order chi connectivity index (χ0) is 13.9. The lowest BCUT2D eigenvalue weighted by Crippen LogP contribution is -2.47. The van der Waals surface area contributed by atoms with Crippen molar-refractivity contribution < 1.29 is 4.42 Å². The summed E-state index contributed by atoms with van der Waals surface area (Å²) in [5.74, 6) is 1.30. The van der Waals surface area contributed by atoms with Crippen LogP contribution in [-0.2, 0) is 6.54 Å². The third kappa shape index (κ3) is 2.92. The standard InChI is InChI=1S/C16H21N3O/c1-12-7-8-19(10-15(12)17)9-14-11-20-16(18-14)13-5-3-2-4-6-13/h2-6,11-12,15H,7-10,17H2,1H3. The van der Waals surface area contributed by atoms with E-state index in [9.17, 15) is 0 Å². The van der Waals surface area contributed by atoms with Gasteiger partial charge in [0.2, 0.25) is 5.89 Å². The fourth-order valence-corrected chi connectivity index (χ4v) is 2.64. The summed E-state index contributed by atoms with van der Waals surface area (Å²) >= 11 is 0. The average Bonchev–Trinajstić information content (AvgIpc) is 2.92. The largest absolute Gasteiger partial charge is 0.444 e. The summed E-state index contributed by atoms with van der Waals surface area (Å²) in [7, 11) is 0. The third-order valence-corrected chi connectivity index (χ3v) is 4.06. The smallest absolute Gasteiger partial charge is 0.226 e. The molecule has 0 saturated carbocycles. The second-order valence-corrected chi connectivity index (χ2v) is 5.67. The number of hydrogen-bond donors (Lipinski definition) is 1. The minimum absolute atomic E-state index is 0.268. The zero-order valence-corrected chi connectivity index (χ0v) is 11.8. The maximum Gasteiger partial charge on any atom is 0.226 e. The van der Waals surface area contributed by atoms with Crippen molar-refractivity contribution in [3.8, 4) is 11.5 Å². The van der Waals surface area contributed by atoms with Gasteiger partial charge in [-0.2, -0.15) is 0 Å². The number of piperidine rings is 1. The van der Waals surface area contributed by atoms with E-state index in [0.29, 0.717) is 11.8 Å². The maximum absolute atomic E-state index is 6.13. The minimum atomic E-state index is 0.268. The molecule has 4 heteroatoms. The van der Waals surface area contributed by atoms with E-state index in [1.54, 1.807) is 6.26 Å². The third-order valence-electron chi connectivity index (χ3n) is 4.06. The van der Waals surface area contributed by atoms with E-state index < -0.39 is 0 Å². The molecule has 0 radical (unpaired) electrons. The summed E-state index contributed by atoms with van der Waals surface area (Å²) in [5, 5.41) is 0. The maximum atomic E-state index is 6.13. The van der Waals surface area contributed by atoms with E-state index in [0.717, 1.165) is 37.3 Å². The molecule has 2 aromatic rings. The minimum Gasteiger partial charge on any atom is -0.444 e. The number of likely N-dealkylation sites (tertiary alicyclic amines) is 1. The van der Waals surface area contributed by atoms with Crippen molar-refractivity contribution in [3.63, 3.8) is 0 Å². The summed E-state index contributed by atoms with van der Waals surface area (Å²) in [5.41, 5.74) is 8.13. The molecule has 3 rings (SSSR count). The Morgan fingerprint density at radius 1 is 1.35 bits per heavy atom. The Morgan fingerprint density at radius 2 is 2.15 bits per heavy atom. The van der Waals surface area contributed by atoms with E-state index in [4.69, 9.17) is 10.2 Å². The number of nitrogens with two attached hydrogens (primary N) is 1. The van der Waals surface area contributed by atoms with Gasteiger partial charge in [-0.15, -0.1) is 0 Å². The predicted octanol–water partition coefficient (Wildman–Crippen LogP) is 2.51. The van der Waals surface area contributed by atoms with Crippen molar-refractivity contribution in [2.24, 2.45) is 11.7 Å². The Labute approximate surface area is 119 Å². The van der Waals surface area contributed by atoms with Crippen LogP contribution in [-0.4, -0.2) is 29.0 Å². The molecule has 1 saturated heterocycles. The van der Waals surface area contributed by atoms with Gasteiger partial charge in [-0.3, -0.25) is 4.90 Å². The van der Waals surface area contributed by atoms with Gasteiger partial charge in [0.1, 0.15) is 6.26 Å². The fraction of sp³-hybridized carbons (Fsp3) is 0.438. The predicted molar refractivity (Wildman–Crippen MR) is 79.0 cm³/mol. The molecule has 4 nitrogen and oxygen atoms in total. The van der Waals surface area contributed by atoms with Crippen LogP contribution in [0, 0.1) is 5.92 Å². The van der Waals surface area contributed by atoms with Crippen molar-refractivity contribution in [2.45, 2.75) is 25.9 Å². The number of aromatic nitrogens is 1. The Kier molecular flexibility index (Phi) is 3.85. The summed E-state index contributed by atoms with van der Waals surface area (Å²) in [6, 6.07) is 10.3. The molecule has 0 bridgehead atoms. The number of oxazole rings is 1. The molecule has 1 fully saturated rings. The molecule has 1 aromatic heterocycles. The molecule has 0 spiro atoms. The van der Waals surface area contributed by atoms with E-state index in [-0.39, 0.29) is 6.04 Å². The second-order valence-electron chi connectivity index (χ2n) is 5.67.